The molecule has 0 aliphatic heterocycles. The van der Waals surface area contributed by atoms with Crippen molar-refractivity contribution in [2.24, 2.45) is 0 Å². The summed E-state index contributed by atoms with van der Waals surface area (Å²) < 4.78 is 0. The van der Waals surface area contributed by atoms with E-state index in [2.05, 4.69) is 9.86 Å². The van der Waals surface area contributed by atoms with Crippen LogP contribution in [0.3, 0.4) is 0 Å². The fourth-order valence-electron chi connectivity index (χ4n) is 0. The van der Waals surface area contributed by atoms with Crippen LogP contribution >= 0.6 is 27.6 Å². The molecule has 0 nitrogen and oxygen atoms in total. The molecule has 0 heterocycles. The van der Waals surface area contributed by atoms with Gasteiger partial charge in [-0.05, 0) is 0 Å². The van der Waals surface area contributed by atoms with E-state index in [1.807, 2.05) is 0 Å². The van der Waals surface area contributed by atoms with E-state index in [0.717, 1.165) is 0 Å². The van der Waals surface area contributed by atoms with Gasteiger partial charge in [-0.1, -0.05) is 0 Å². The van der Waals surface area contributed by atoms with Crippen LogP contribution in [-0.2, 0) is 0 Å². The van der Waals surface area contributed by atoms with Crippen LogP contribution in [0.4, 0.5) is 0 Å². The van der Waals surface area contributed by atoms with Gasteiger partial charge in [0.1, 0.15) is 0 Å². The molecule has 0 atom stereocenters. The SMILES string of the molecule is CI(C)Cl. The number of hydrogen-bond acceptors (Lipinski definition) is 0. The standard InChI is InChI=1S/C2H6ClI/c1-4(2)3/h1-2H3. The third kappa shape index (κ3) is 11.8. The number of hydrogen-bond donors (Lipinski definition) is 0. The summed E-state index contributed by atoms with van der Waals surface area (Å²) in [6.45, 7) is 0. The van der Waals surface area contributed by atoms with Crippen molar-refractivity contribution < 1.29 is 0 Å². The van der Waals surface area contributed by atoms with E-state index in [-0.39, 0.29) is 0 Å². The first-order valence-electron chi connectivity index (χ1n) is 0.899. The van der Waals surface area contributed by atoms with Gasteiger partial charge in [-0.3, -0.25) is 0 Å². The van der Waals surface area contributed by atoms with Gasteiger partial charge in [0.2, 0.25) is 0 Å². The van der Waals surface area contributed by atoms with Crippen molar-refractivity contribution in [3.63, 3.8) is 0 Å². The first-order chi connectivity index (χ1) is 1.73. The molecule has 0 rings (SSSR count). The Labute approximate surface area is 37.6 Å². The van der Waals surface area contributed by atoms with Gasteiger partial charge in [0.05, 0.1) is 0 Å². The fraction of sp³-hybridized carbons (Fsp3) is 1.00. The van der Waals surface area contributed by atoms with Crippen LogP contribution in [0, 0.1) is 0 Å². The molecule has 0 spiro atoms. The van der Waals surface area contributed by atoms with Gasteiger partial charge in [0.15, 0.2) is 0 Å². The molecular formula is C2H6ClI. The summed E-state index contributed by atoms with van der Waals surface area (Å²) in [5, 5.41) is 0. The van der Waals surface area contributed by atoms with Crippen LogP contribution < -0.4 is 0 Å². The predicted molar refractivity (Wildman–Crippen MR) is 31.7 cm³/mol. The molecule has 0 N–H and O–H groups in total. The summed E-state index contributed by atoms with van der Waals surface area (Å²) in [5.74, 6) is 0. The molecule has 0 aliphatic rings. The third-order valence-corrected chi connectivity index (χ3v) is 0. The zero-order valence-corrected chi connectivity index (χ0v) is 5.67. The zero-order chi connectivity index (χ0) is 3.58. The summed E-state index contributed by atoms with van der Waals surface area (Å²) in [4.78, 5) is 4.18. The molecule has 0 saturated carbocycles. The third-order valence-electron chi connectivity index (χ3n) is 0. The van der Waals surface area contributed by atoms with E-state index < -0.39 is 18.7 Å². The number of rotatable bonds is 0. The van der Waals surface area contributed by atoms with Crippen molar-refractivity contribution in [1.29, 1.82) is 0 Å². The van der Waals surface area contributed by atoms with E-state index in [1.54, 1.807) is 0 Å². The molecule has 0 aliphatic carbocycles. The fourth-order valence-corrected chi connectivity index (χ4v) is 0. The predicted octanol–water partition coefficient (Wildman–Crippen LogP) is 1.91. The Morgan fingerprint density at radius 1 is 1.50 bits per heavy atom. The summed E-state index contributed by atoms with van der Waals surface area (Å²) in [6, 6.07) is 0. The zero-order valence-electron chi connectivity index (χ0n) is 2.76. The molecule has 28 valence electrons. The Hall–Kier alpha value is 1.02. The Morgan fingerprint density at radius 3 is 1.50 bits per heavy atom. The van der Waals surface area contributed by atoms with Crippen molar-refractivity contribution in [3.8, 4) is 0 Å². The van der Waals surface area contributed by atoms with E-state index >= 15 is 0 Å². The molecule has 2 heteroatoms. The molecule has 0 unspecified atom stereocenters. The molecule has 0 radical (unpaired) electrons. The van der Waals surface area contributed by atoms with Crippen LogP contribution in [-0.4, -0.2) is 9.86 Å². The molecule has 4 heavy (non-hydrogen) atoms. The van der Waals surface area contributed by atoms with E-state index in [9.17, 15) is 0 Å². The van der Waals surface area contributed by atoms with Gasteiger partial charge in [0, 0.05) is 0 Å². The Bertz CT molecular complexity index is 10.8. The van der Waals surface area contributed by atoms with Crippen molar-refractivity contribution >= 4 is 27.6 Å². The van der Waals surface area contributed by atoms with E-state index in [1.165, 1.54) is 0 Å². The Morgan fingerprint density at radius 2 is 1.50 bits per heavy atom. The average molecular weight is 192 g/mol. The van der Waals surface area contributed by atoms with Crippen molar-refractivity contribution in [2.75, 3.05) is 9.86 Å². The first-order valence-corrected chi connectivity index (χ1v) is 7.95. The molecule has 0 bridgehead atoms. The second-order valence-electron chi connectivity index (χ2n) is 0.664. The van der Waals surface area contributed by atoms with Crippen LogP contribution in [0.2, 0.25) is 0 Å². The molecule has 0 aromatic heterocycles. The van der Waals surface area contributed by atoms with Crippen molar-refractivity contribution in [3.05, 3.63) is 0 Å². The van der Waals surface area contributed by atoms with Crippen LogP contribution in [0.25, 0.3) is 0 Å². The van der Waals surface area contributed by atoms with Gasteiger partial charge in [0.25, 0.3) is 0 Å². The molecule has 0 aromatic carbocycles. The quantitative estimate of drug-likeness (QED) is 0.406. The maximum absolute atomic E-state index is 5.43. The minimum absolute atomic E-state index is 0.791. The first kappa shape index (κ1) is 5.02. The van der Waals surface area contributed by atoms with Crippen LogP contribution in [0.5, 0.6) is 0 Å². The van der Waals surface area contributed by atoms with E-state index in [0.29, 0.717) is 0 Å². The van der Waals surface area contributed by atoms with Gasteiger partial charge < -0.3 is 0 Å². The molecule has 0 saturated heterocycles. The molecule has 0 aromatic rings. The Kier molecular flexibility index (Phi) is 2.85. The van der Waals surface area contributed by atoms with E-state index in [4.69, 9.17) is 8.91 Å². The molecular weight excluding hydrogens is 186 g/mol. The number of halogens is 2. The monoisotopic (exact) mass is 192 g/mol. The topological polar surface area (TPSA) is 0 Å². The normalized spacial score (nSPS) is 11.2. The average Bonchev–Trinajstić information content (AvgIpc) is 0.811. The van der Waals surface area contributed by atoms with Crippen LogP contribution in [0.1, 0.15) is 0 Å². The van der Waals surface area contributed by atoms with Gasteiger partial charge >= 0.3 is 37.5 Å². The van der Waals surface area contributed by atoms with Crippen molar-refractivity contribution in [2.45, 2.75) is 0 Å². The second-order valence-corrected chi connectivity index (χ2v) is 8.29. The van der Waals surface area contributed by atoms with Gasteiger partial charge in [-0.15, -0.1) is 0 Å². The summed E-state index contributed by atoms with van der Waals surface area (Å²) in [5.41, 5.74) is 0. The summed E-state index contributed by atoms with van der Waals surface area (Å²) >= 11 is -0.791. The Balaban J connectivity index is 2.32. The van der Waals surface area contributed by atoms with Gasteiger partial charge in [-0.25, -0.2) is 0 Å². The molecule has 0 fully saturated rings. The minimum atomic E-state index is -0.791. The summed E-state index contributed by atoms with van der Waals surface area (Å²) in [6.07, 6.45) is 0. The summed E-state index contributed by atoms with van der Waals surface area (Å²) in [7, 11) is 5.43. The molecule has 0 amide bonds. The van der Waals surface area contributed by atoms with Gasteiger partial charge in [-0.2, -0.15) is 0 Å². The van der Waals surface area contributed by atoms with Crippen molar-refractivity contribution in [1.82, 2.24) is 0 Å². The second kappa shape index (κ2) is 2.27. The van der Waals surface area contributed by atoms with Crippen LogP contribution in [0.15, 0.2) is 0 Å². The maximum atomic E-state index is 5.43. The number of alkyl halides is 2.